The minimum Gasteiger partial charge on any atom is -0.392 e. The van der Waals surface area contributed by atoms with Gasteiger partial charge in [0.25, 0.3) is 0 Å². The molecule has 0 aromatic rings. The lowest BCUT2D eigenvalue weighted by molar-refractivity contribution is -0.126. The van der Waals surface area contributed by atoms with Crippen molar-refractivity contribution in [2.75, 3.05) is 6.54 Å². The zero-order valence-electron chi connectivity index (χ0n) is 10.6. The summed E-state index contributed by atoms with van der Waals surface area (Å²) in [5.41, 5.74) is 5.13. The monoisotopic (exact) mass is 242 g/mol. The summed E-state index contributed by atoms with van der Waals surface area (Å²) in [5.74, 6) is 0.549. The highest BCUT2D eigenvalue weighted by molar-refractivity contribution is 7.80. The zero-order chi connectivity index (χ0) is 12.6. The van der Waals surface area contributed by atoms with Crippen LogP contribution in [-0.4, -0.2) is 17.4 Å². The third-order valence-electron chi connectivity index (χ3n) is 3.90. The maximum atomic E-state index is 11.9. The topological polar surface area (TPSA) is 55.1 Å². The molecule has 1 fully saturated rings. The van der Waals surface area contributed by atoms with Crippen molar-refractivity contribution in [1.82, 2.24) is 5.32 Å². The Morgan fingerprint density at radius 2 is 2.00 bits per heavy atom. The van der Waals surface area contributed by atoms with Gasteiger partial charge in [-0.1, -0.05) is 26.1 Å². The molecule has 1 aliphatic carbocycles. The van der Waals surface area contributed by atoms with Gasteiger partial charge < -0.3 is 11.1 Å². The molecule has 0 heterocycles. The number of nitrogens with two attached hydrogens (primary N) is 1. The number of carbonyl (C=O) groups is 1. The Hall–Kier alpha value is -0.640. The van der Waals surface area contributed by atoms with Gasteiger partial charge in [-0.05, 0) is 38.0 Å². The summed E-state index contributed by atoms with van der Waals surface area (Å²) in [6.07, 6.45) is 2.41. The molecule has 1 aliphatic rings. The Bertz CT molecular complexity index is 306. The van der Waals surface area contributed by atoms with Crippen LogP contribution < -0.4 is 11.1 Å². The number of hydrogen-bond donors (Lipinski definition) is 2. The molecule has 4 heteroatoms. The van der Waals surface area contributed by atoms with E-state index in [0.29, 0.717) is 11.3 Å². The SMILES string of the molecule is CC(C)C1(CNC(=O)C(C)(C)C(N)=S)CC1. The summed E-state index contributed by atoms with van der Waals surface area (Å²) in [6.45, 7) is 8.69. The summed E-state index contributed by atoms with van der Waals surface area (Å²) >= 11 is 4.90. The predicted octanol–water partition coefficient (Wildman–Crippen LogP) is 1.85. The maximum Gasteiger partial charge on any atom is 0.232 e. The standard InChI is InChI=1S/C12H22N2OS/c1-8(2)12(5-6-12)7-14-10(15)11(3,4)9(13)16/h8H,5-7H2,1-4H3,(H2,13,16)(H,14,15). The smallest absolute Gasteiger partial charge is 0.232 e. The van der Waals surface area contributed by atoms with Gasteiger partial charge in [-0.15, -0.1) is 0 Å². The van der Waals surface area contributed by atoms with Gasteiger partial charge in [0.1, 0.15) is 0 Å². The van der Waals surface area contributed by atoms with Crippen molar-refractivity contribution in [3.63, 3.8) is 0 Å². The van der Waals surface area contributed by atoms with Gasteiger partial charge in [0.15, 0.2) is 0 Å². The Kier molecular flexibility index (Phi) is 3.62. The number of hydrogen-bond acceptors (Lipinski definition) is 2. The van der Waals surface area contributed by atoms with Crippen LogP contribution in [0, 0.1) is 16.7 Å². The molecule has 3 N–H and O–H groups in total. The first-order chi connectivity index (χ1) is 7.22. The highest BCUT2D eigenvalue weighted by Gasteiger charge is 2.46. The number of thiocarbonyl (C=S) groups is 1. The Morgan fingerprint density at radius 1 is 1.50 bits per heavy atom. The second-order valence-corrected chi connectivity index (χ2v) is 6.13. The van der Waals surface area contributed by atoms with E-state index >= 15 is 0 Å². The van der Waals surface area contributed by atoms with Crippen molar-refractivity contribution >= 4 is 23.1 Å². The third kappa shape index (κ3) is 2.54. The van der Waals surface area contributed by atoms with E-state index in [1.54, 1.807) is 13.8 Å². The zero-order valence-corrected chi connectivity index (χ0v) is 11.4. The number of amides is 1. The molecule has 0 atom stereocenters. The lowest BCUT2D eigenvalue weighted by Crippen LogP contribution is -2.46. The fraction of sp³-hybridized carbons (Fsp3) is 0.833. The van der Waals surface area contributed by atoms with E-state index in [9.17, 15) is 4.79 Å². The average Bonchev–Trinajstić information content (AvgIpc) is 2.94. The third-order valence-corrected chi connectivity index (χ3v) is 4.41. The summed E-state index contributed by atoms with van der Waals surface area (Å²) in [7, 11) is 0. The van der Waals surface area contributed by atoms with E-state index in [1.165, 1.54) is 12.8 Å². The quantitative estimate of drug-likeness (QED) is 0.723. The van der Waals surface area contributed by atoms with Crippen molar-refractivity contribution in [2.24, 2.45) is 22.5 Å². The lowest BCUT2D eigenvalue weighted by Gasteiger charge is -2.25. The van der Waals surface area contributed by atoms with Crippen LogP contribution in [0.5, 0.6) is 0 Å². The van der Waals surface area contributed by atoms with Crippen LogP contribution in [0.3, 0.4) is 0 Å². The summed E-state index contributed by atoms with van der Waals surface area (Å²) in [5, 5.41) is 2.98. The Morgan fingerprint density at radius 3 is 2.31 bits per heavy atom. The molecule has 3 nitrogen and oxygen atoms in total. The van der Waals surface area contributed by atoms with Gasteiger partial charge in [0.05, 0.1) is 10.4 Å². The van der Waals surface area contributed by atoms with Crippen molar-refractivity contribution in [3.8, 4) is 0 Å². The minimum absolute atomic E-state index is 0.0630. The van der Waals surface area contributed by atoms with Crippen molar-refractivity contribution < 1.29 is 4.79 Å². The molecule has 0 saturated heterocycles. The van der Waals surface area contributed by atoms with E-state index in [4.69, 9.17) is 18.0 Å². The fourth-order valence-corrected chi connectivity index (χ4v) is 1.80. The summed E-state index contributed by atoms with van der Waals surface area (Å²) < 4.78 is 0. The molecule has 0 unspecified atom stereocenters. The lowest BCUT2D eigenvalue weighted by atomic mass is 9.89. The van der Waals surface area contributed by atoms with Gasteiger partial charge in [-0.2, -0.15) is 0 Å². The predicted molar refractivity (Wildman–Crippen MR) is 70.1 cm³/mol. The van der Waals surface area contributed by atoms with Crippen LogP contribution in [-0.2, 0) is 4.79 Å². The summed E-state index contributed by atoms with van der Waals surface area (Å²) in [4.78, 5) is 12.2. The molecule has 1 amide bonds. The van der Waals surface area contributed by atoms with Gasteiger partial charge in [-0.25, -0.2) is 0 Å². The first-order valence-electron chi connectivity index (χ1n) is 5.80. The first-order valence-corrected chi connectivity index (χ1v) is 6.21. The molecule has 0 aliphatic heterocycles. The molecular formula is C12H22N2OS. The average molecular weight is 242 g/mol. The van der Waals surface area contributed by atoms with E-state index in [2.05, 4.69) is 19.2 Å². The van der Waals surface area contributed by atoms with Gasteiger partial charge in [0.2, 0.25) is 5.91 Å². The molecule has 92 valence electrons. The summed E-state index contributed by atoms with van der Waals surface area (Å²) in [6, 6.07) is 0. The van der Waals surface area contributed by atoms with Crippen molar-refractivity contribution in [2.45, 2.75) is 40.5 Å². The molecule has 0 aromatic carbocycles. The molecule has 1 rings (SSSR count). The van der Waals surface area contributed by atoms with Crippen LogP contribution >= 0.6 is 12.2 Å². The van der Waals surface area contributed by atoms with Crippen LogP contribution in [0.1, 0.15) is 40.5 Å². The highest BCUT2D eigenvalue weighted by atomic mass is 32.1. The van der Waals surface area contributed by atoms with E-state index in [0.717, 1.165) is 6.54 Å². The van der Waals surface area contributed by atoms with Gasteiger partial charge in [-0.3, -0.25) is 4.79 Å². The van der Waals surface area contributed by atoms with Crippen LogP contribution in [0.2, 0.25) is 0 Å². The van der Waals surface area contributed by atoms with E-state index < -0.39 is 5.41 Å². The Balaban J connectivity index is 2.51. The van der Waals surface area contributed by atoms with Crippen molar-refractivity contribution in [1.29, 1.82) is 0 Å². The molecule has 0 aromatic heterocycles. The van der Waals surface area contributed by atoms with Gasteiger partial charge >= 0.3 is 0 Å². The number of rotatable bonds is 5. The molecule has 0 spiro atoms. The number of nitrogens with one attached hydrogen (secondary N) is 1. The second kappa shape index (κ2) is 4.32. The van der Waals surface area contributed by atoms with Crippen LogP contribution in [0.15, 0.2) is 0 Å². The normalized spacial score (nSPS) is 18.3. The second-order valence-electron chi connectivity index (χ2n) is 5.69. The minimum atomic E-state index is -0.748. The van der Waals surface area contributed by atoms with E-state index in [-0.39, 0.29) is 10.9 Å². The molecule has 0 radical (unpaired) electrons. The highest BCUT2D eigenvalue weighted by Crippen LogP contribution is 2.51. The molecular weight excluding hydrogens is 220 g/mol. The van der Waals surface area contributed by atoms with Crippen molar-refractivity contribution in [3.05, 3.63) is 0 Å². The molecule has 1 saturated carbocycles. The molecule has 16 heavy (non-hydrogen) atoms. The largest absolute Gasteiger partial charge is 0.392 e. The number of carbonyl (C=O) groups excluding carboxylic acids is 1. The van der Waals surface area contributed by atoms with Crippen LogP contribution in [0.4, 0.5) is 0 Å². The molecule has 0 bridgehead atoms. The maximum absolute atomic E-state index is 11.9. The first kappa shape index (κ1) is 13.4. The van der Waals surface area contributed by atoms with Crippen LogP contribution in [0.25, 0.3) is 0 Å². The van der Waals surface area contributed by atoms with E-state index in [1.807, 2.05) is 0 Å². The fourth-order valence-electron chi connectivity index (χ4n) is 1.71. The van der Waals surface area contributed by atoms with Gasteiger partial charge in [0, 0.05) is 6.54 Å². The Labute approximate surface area is 103 Å².